The van der Waals surface area contributed by atoms with Gasteiger partial charge in [-0.3, -0.25) is 19.7 Å². The number of likely N-dealkylation sites (tertiary alicyclic amines) is 1. The minimum Gasteiger partial charge on any atom is -0.495 e. The first-order valence-corrected chi connectivity index (χ1v) is 11.3. The molecule has 0 aromatic carbocycles. The minimum absolute atomic E-state index is 0.0497. The normalized spacial score (nSPS) is 19.2. The van der Waals surface area contributed by atoms with Gasteiger partial charge in [0, 0.05) is 50.6 Å². The summed E-state index contributed by atoms with van der Waals surface area (Å²) in [4.78, 5) is 23.2. The summed E-state index contributed by atoms with van der Waals surface area (Å²) in [5.41, 5.74) is 2.73. The lowest BCUT2D eigenvalue weighted by Crippen LogP contribution is -2.53. The summed E-state index contributed by atoms with van der Waals surface area (Å²) in [5, 5.41) is 23.7. The van der Waals surface area contributed by atoms with Crippen LogP contribution in [0.1, 0.15) is 17.7 Å². The first-order valence-electron chi connectivity index (χ1n) is 10.9. The third kappa shape index (κ3) is 5.51. The van der Waals surface area contributed by atoms with Gasteiger partial charge in [0.15, 0.2) is 0 Å². The Morgan fingerprint density at radius 2 is 2.09 bits per heavy atom. The molecule has 176 valence electrons. The number of rotatable bonds is 8. The van der Waals surface area contributed by atoms with Crippen molar-refractivity contribution in [3.8, 4) is 5.75 Å². The van der Waals surface area contributed by atoms with Crippen molar-refractivity contribution in [2.24, 2.45) is 0 Å². The van der Waals surface area contributed by atoms with Crippen LogP contribution in [0.3, 0.4) is 0 Å². The molecule has 0 radical (unpaired) electrons. The van der Waals surface area contributed by atoms with Gasteiger partial charge in [0.2, 0.25) is 0 Å². The van der Waals surface area contributed by atoms with Gasteiger partial charge < -0.3 is 24.8 Å². The molecule has 33 heavy (non-hydrogen) atoms. The molecule has 1 aliphatic rings. The summed E-state index contributed by atoms with van der Waals surface area (Å²) < 4.78 is 6.96. The fraction of sp³-hybridized carbons (Fsp3) is 0.435. The number of aliphatic hydroxyl groups is 2. The Morgan fingerprint density at radius 3 is 2.82 bits per heavy atom. The highest BCUT2D eigenvalue weighted by Crippen LogP contribution is 2.18. The van der Waals surface area contributed by atoms with Crippen LogP contribution in [-0.4, -0.2) is 68.5 Å². The van der Waals surface area contributed by atoms with E-state index < -0.39 is 6.10 Å². The van der Waals surface area contributed by atoms with Crippen LogP contribution in [0.5, 0.6) is 5.75 Å². The molecule has 3 N–H and O–H groups in total. The summed E-state index contributed by atoms with van der Waals surface area (Å²) in [6, 6.07) is 6.80. The molecule has 0 saturated carbocycles. The lowest BCUT2D eigenvalue weighted by Gasteiger charge is -2.36. The maximum atomic E-state index is 12.5. The number of methoxy groups -OCH3 is 1. The second kappa shape index (κ2) is 10.6. The number of nitrogens with one attached hydrogen (secondary N) is 1. The van der Waals surface area contributed by atoms with Crippen LogP contribution in [0.2, 0.25) is 5.02 Å². The van der Waals surface area contributed by atoms with Crippen LogP contribution in [-0.2, 0) is 19.7 Å². The van der Waals surface area contributed by atoms with E-state index in [4.69, 9.17) is 16.3 Å². The van der Waals surface area contributed by atoms with Gasteiger partial charge in [0.1, 0.15) is 5.75 Å². The number of hydrogen-bond donors (Lipinski definition) is 3. The molecule has 2 atom stereocenters. The Kier molecular flexibility index (Phi) is 7.56. The van der Waals surface area contributed by atoms with E-state index in [-0.39, 0.29) is 18.2 Å². The highest BCUT2D eigenvalue weighted by atomic mass is 35.5. The molecule has 0 aliphatic carbocycles. The van der Waals surface area contributed by atoms with Crippen molar-refractivity contribution in [2.45, 2.75) is 38.3 Å². The van der Waals surface area contributed by atoms with Crippen molar-refractivity contribution in [3.63, 3.8) is 0 Å². The van der Waals surface area contributed by atoms with Crippen molar-refractivity contribution in [1.82, 2.24) is 24.8 Å². The average Bonchev–Trinajstić information content (AvgIpc) is 2.82. The van der Waals surface area contributed by atoms with Gasteiger partial charge in [0.25, 0.3) is 5.56 Å². The number of piperidine rings is 1. The third-order valence-corrected chi connectivity index (χ3v) is 6.37. The lowest BCUT2D eigenvalue weighted by atomic mass is 10.0. The van der Waals surface area contributed by atoms with Crippen LogP contribution in [0.15, 0.2) is 41.5 Å². The lowest BCUT2D eigenvalue weighted by molar-refractivity contribution is 0.0385. The Bertz CT molecular complexity index is 1170. The van der Waals surface area contributed by atoms with Crippen LogP contribution in [0.4, 0.5) is 0 Å². The van der Waals surface area contributed by atoms with Crippen molar-refractivity contribution >= 4 is 22.6 Å². The highest BCUT2D eigenvalue weighted by Gasteiger charge is 2.27. The summed E-state index contributed by atoms with van der Waals surface area (Å²) in [7, 11) is 1.57. The zero-order valence-corrected chi connectivity index (χ0v) is 19.2. The number of hydrogen-bond acceptors (Lipinski definition) is 8. The van der Waals surface area contributed by atoms with Crippen molar-refractivity contribution in [2.75, 3.05) is 26.7 Å². The largest absolute Gasteiger partial charge is 0.495 e. The Morgan fingerprint density at radius 1 is 1.24 bits per heavy atom. The van der Waals surface area contributed by atoms with E-state index in [0.29, 0.717) is 42.6 Å². The number of halogens is 1. The number of β-amino-alcohol motifs (C(OH)–C–C–N with tert-alkyl or cyclic N) is 1. The summed E-state index contributed by atoms with van der Waals surface area (Å²) in [5.74, 6) is 0.603. The van der Waals surface area contributed by atoms with E-state index in [9.17, 15) is 15.0 Å². The van der Waals surface area contributed by atoms with E-state index in [0.717, 1.165) is 29.6 Å². The standard InChI is InChI=1S/C23H28ClN5O4/c1-33-16-9-21-18(27-12-16)2-3-23(32)29(21)7-6-28-5-4-19(22(31)13-28)25-10-15-8-17(24)20(14-30)26-11-15/h2-3,8-9,11-12,19,22,25,30-31H,4-7,10,13-14H2,1H3/t19-,22+/m0/s1. The van der Waals surface area contributed by atoms with E-state index in [2.05, 4.69) is 20.2 Å². The molecule has 1 fully saturated rings. The molecule has 0 unspecified atom stereocenters. The molecule has 9 nitrogen and oxygen atoms in total. The third-order valence-electron chi connectivity index (χ3n) is 6.05. The molecule has 0 amide bonds. The van der Waals surface area contributed by atoms with Crippen molar-refractivity contribution < 1.29 is 14.9 Å². The SMILES string of the molecule is COc1cnc2ccc(=O)n(CCN3CC[C@H](NCc4cnc(CO)c(Cl)c4)[C@H](O)C3)c2c1. The Hall–Kier alpha value is -2.56. The molecule has 3 aromatic heterocycles. The molecule has 3 aromatic rings. The predicted molar refractivity (Wildman–Crippen MR) is 125 cm³/mol. The van der Waals surface area contributed by atoms with Crippen LogP contribution < -0.4 is 15.6 Å². The fourth-order valence-electron chi connectivity index (χ4n) is 4.14. The number of aliphatic hydroxyl groups excluding tert-OH is 2. The molecule has 4 rings (SSSR count). The van der Waals surface area contributed by atoms with Gasteiger partial charge in [-0.05, 0) is 30.7 Å². The summed E-state index contributed by atoms with van der Waals surface area (Å²) in [6.45, 7) is 2.79. The monoisotopic (exact) mass is 473 g/mol. The van der Waals surface area contributed by atoms with Crippen molar-refractivity contribution in [1.29, 1.82) is 0 Å². The predicted octanol–water partition coefficient (Wildman–Crippen LogP) is 1.17. The smallest absolute Gasteiger partial charge is 0.251 e. The zero-order chi connectivity index (χ0) is 23.4. The Labute approximate surface area is 196 Å². The van der Waals surface area contributed by atoms with Crippen LogP contribution >= 0.6 is 11.6 Å². The molecule has 0 bridgehead atoms. The van der Waals surface area contributed by atoms with E-state index in [1.165, 1.54) is 6.07 Å². The van der Waals surface area contributed by atoms with E-state index in [1.54, 1.807) is 36.2 Å². The first kappa shape index (κ1) is 23.6. The van der Waals surface area contributed by atoms with Gasteiger partial charge >= 0.3 is 0 Å². The van der Waals surface area contributed by atoms with E-state index >= 15 is 0 Å². The summed E-state index contributed by atoms with van der Waals surface area (Å²) >= 11 is 6.11. The number of pyridine rings is 3. The number of ether oxygens (including phenoxy) is 1. The number of fused-ring (bicyclic) bond motifs is 1. The van der Waals surface area contributed by atoms with E-state index in [1.807, 2.05) is 6.07 Å². The van der Waals surface area contributed by atoms with Crippen LogP contribution in [0, 0.1) is 0 Å². The molecule has 1 aliphatic heterocycles. The van der Waals surface area contributed by atoms with Gasteiger partial charge in [-0.25, -0.2) is 0 Å². The molecular formula is C23H28ClN5O4. The molecule has 10 heteroatoms. The second-order valence-corrected chi connectivity index (χ2v) is 8.58. The number of nitrogens with zero attached hydrogens (tertiary/aromatic N) is 4. The number of aromatic nitrogens is 3. The highest BCUT2D eigenvalue weighted by molar-refractivity contribution is 6.31. The first-order chi connectivity index (χ1) is 16.0. The van der Waals surface area contributed by atoms with Gasteiger partial charge in [-0.1, -0.05) is 11.6 Å². The van der Waals surface area contributed by atoms with Gasteiger partial charge in [-0.2, -0.15) is 0 Å². The molecule has 1 saturated heterocycles. The maximum Gasteiger partial charge on any atom is 0.251 e. The minimum atomic E-state index is -0.537. The molecular weight excluding hydrogens is 446 g/mol. The fourth-order valence-corrected chi connectivity index (χ4v) is 4.39. The summed E-state index contributed by atoms with van der Waals surface area (Å²) in [6.07, 6.45) is 3.55. The Balaban J connectivity index is 1.34. The maximum absolute atomic E-state index is 12.5. The quantitative estimate of drug-likeness (QED) is 0.447. The van der Waals surface area contributed by atoms with Crippen molar-refractivity contribution in [3.05, 3.63) is 63.3 Å². The van der Waals surface area contributed by atoms with Crippen LogP contribution in [0.25, 0.3) is 11.0 Å². The molecule has 4 heterocycles. The average molecular weight is 474 g/mol. The second-order valence-electron chi connectivity index (χ2n) is 8.18. The van der Waals surface area contributed by atoms with Gasteiger partial charge in [-0.15, -0.1) is 0 Å². The zero-order valence-electron chi connectivity index (χ0n) is 18.4. The van der Waals surface area contributed by atoms with Gasteiger partial charge in [0.05, 0.1) is 47.8 Å². The molecule has 0 spiro atoms. The topological polar surface area (TPSA) is 113 Å².